The summed E-state index contributed by atoms with van der Waals surface area (Å²) in [6.07, 6.45) is -0.887. The van der Waals surface area contributed by atoms with Crippen molar-refractivity contribution >= 4 is 40.8 Å². The number of carbonyl (C=O) groups excluding carboxylic acids is 3. The monoisotopic (exact) mass is 390 g/mol. The lowest BCUT2D eigenvalue weighted by atomic mass is 10.2. The lowest BCUT2D eigenvalue weighted by molar-refractivity contribution is -0.153. The SMILES string of the molecule is CC(=O)Nc1cccc(NC(=O)COC(=O)[C@@H](C)Oc2ccc(Cl)cc2)c1. The highest BCUT2D eigenvalue weighted by Gasteiger charge is 2.18. The molecule has 1 atom stereocenters. The number of rotatable bonds is 7. The first-order valence-electron chi connectivity index (χ1n) is 8.10. The van der Waals surface area contributed by atoms with E-state index in [-0.39, 0.29) is 5.91 Å². The molecule has 0 aromatic heterocycles. The summed E-state index contributed by atoms with van der Waals surface area (Å²) in [5.41, 5.74) is 1.01. The Morgan fingerprint density at radius 1 is 1.04 bits per heavy atom. The summed E-state index contributed by atoms with van der Waals surface area (Å²) in [6, 6.07) is 13.1. The Labute approximate surface area is 161 Å². The van der Waals surface area contributed by atoms with Gasteiger partial charge in [-0.1, -0.05) is 17.7 Å². The van der Waals surface area contributed by atoms with Gasteiger partial charge in [-0.2, -0.15) is 0 Å². The molecule has 2 aromatic rings. The number of esters is 1. The van der Waals surface area contributed by atoms with Crippen LogP contribution >= 0.6 is 11.6 Å². The minimum Gasteiger partial charge on any atom is -0.479 e. The minimum absolute atomic E-state index is 0.220. The second-order valence-corrected chi connectivity index (χ2v) is 6.07. The van der Waals surface area contributed by atoms with Crippen molar-refractivity contribution in [3.63, 3.8) is 0 Å². The van der Waals surface area contributed by atoms with Gasteiger partial charge in [-0.15, -0.1) is 0 Å². The van der Waals surface area contributed by atoms with Gasteiger partial charge in [0.15, 0.2) is 12.7 Å². The highest BCUT2D eigenvalue weighted by atomic mass is 35.5. The van der Waals surface area contributed by atoms with Crippen LogP contribution in [0.5, 0.6) is 5.75 Å². The first kappa shape index (κ1) is 20.3. The van der Waals surface area contributed by atoms with Gasteiger partial charge in [0.1, 0.15) is 5.75 Å². The number of ether oxygens (including phenoxy) is 2. The third-order valence-corrected chi connectivity index (χ3v) is 3.52. The first-order valence-corrected chi connectivity index (χ1v) is 8.47. The third-order valence-electron chi connectivity index (χ3n) is 3.27. The highest BCUT2D eigenvalue weighted by molar-refractivity contribution is 6.30. The summed E-state index contributed by atoms with van der Waals surface area (Å²) in [4.78, 5) is 34.9. The smallest absolute Gasteiger partial charge is 0.347 e. The zero-order valence-corrected chi connectivity index (χ0v) is 15.6. The van der Waals surface area contributed by atoms with Crippen molar-refractivity contribution < 1.29 is 23.9 Å². The molecule has 2 rings (SSSR count). The molecule has 0 saturated carbocycles. The zero-order chi connectivity index (χ0) is 19.8. The summed E-state index contributed by atoms with van der Waals surface area (Å²) < 4.78 is 10.4. The maximum atomic E-state index is 11.9. The molecule has 0 aliphatic carbocycles. The summed E-state index contributed by atoms with van der Waals surface area (Å²) in [5, 5.41) is 5.75. The van der Waals surface area contributed by atoms with Crippen LogP contribution in [-0.4, -0.2) is 30.5 Å². The number of anilines is 2. The van der Waals surface area contributed by atoms with Gasteiger partial charge in [0.05, 0.1) is 0 Å². The molecule has 142 valence electrons. The van der Waals surface area contributed by atoms with E-state index in [1.54, 1.807) is 48.5 Å². The molecule has 0 aliphatic rings. The molecule has 7 nitrogen and oxygen atoms in total. The van der Waals surface area contributed by atoms with Crippen LogP contribution in [0, 0.1) is 0 Å². The van der Waals surface area contributed by atoms with E-state index < -0.39 is 24.6 Å². The Morgan fingerprint density at radius 2 is 1.67 bits per heavy atom. The number of amides is 2. The van der Waals surface area contributed by atoms with Gasteiger partial charge in [0.2, 0.25) is 5.91 Å². The fourth-order valence-corrected chi connectivity index (χ4v) is 2.22. The van der Waals surface area contributed by atoms with Crippen LogP contribution in [0.15, 0.2) is 48.5 Å². The fourth-order valence-electron chi connectivity index (χ4n) is 2.09. The Bertz CT molecular complexity index is 823. The average molecular weight is 391 g/mol. The molecule has 0 bridgehead atoms. The molecule has 0 radical (unpaired) electrons. The molecule has 0 unspecified atom stereocenters. The maximum Gasteiger partial charge on any atom is 0.347 e. The first-order chi connectivity index (χ1) is 12.8. The van der Waals surface area contributed by atoms with E-state index in [2.05, 4.69) is 10.6 Å². The second kappa shape index (κ2) is 9.59. The number of carbonyl (C=O) groups is 3. The molecule has 0 aliphatic heterocycles. The van der Waals surface area contributed by atoms with Crippen LogP contribution in [0.4, 0.5) is 11.4 Å². The predicted octanol–water partition coefficient (Wildman–Crippen LogP) is 3.25. The van der Waals surface area contributed by atoms with Gasteiger partial charge in [0, 0.05) is 23.3 Å². The molecule has 8 heteroatoms. The normalized spacial score (nSPS) is 11.2. The van der Waals surface area contributed by atoms with Crippen molar-refractivity contribution in [1.82, 2.24) is 0 Å². The van der Waals surface area contributed by atoms with Crippen molar-refractivity contribution in [2.75, 3.05) is 17.2 Å². The van der Waals surface area contributed by atoms with Gasteiger partial charge in [0.25, 0.3) is 5.91 Å². The van der Waals surface area contributed by atoms with Crippen molar-refractivity contribution in [3.05, 3.63) is 53.6 Å². The standard InChI is InChI=1S/C19H19ClN2O5/c1-12(27-17-8-6-14(20)7-9-17)19(25)26-11-18(24)22-16-5-3-4-15(10-16)21-13(2)23/h3-10,12H,11H2,1-2H3,(H,21,23)(H,22,24)/t12-/m1/s1. The van der Waals surface area contributed by atoms with Gasteiger partial charge in [-0.25, -0.2) is 4.79 Å². The quantitative estimate of drug-likeness (QED) is 0.708. The minimum atomic E-state index is -0.887. The Morgan fingerprint density at radius 3 is 2.30 bits per heavy atom. The topological polar surface area (TPSA) is 93.7 Å². The molecular formula is C19H19ClN2O5. The fraction of sp³-hybridized carbons (Fsp3) is 0.211. The predicted molar refractivity (Wildman–Crippen MR) is 102 cm³/mol. The number of hydrogen-bond donors (Lipinski definition) is 2. The van der Waals surface area contributed by atoms with E-state index in [4.69, 9.17) is 21.1 Å². The molecule has 2 aromatic carbocycles. The largest absolute Gasteiger partial charge is 0.479 e. The van der Waals surface area contributed by atoms with Crippen LogP contribution in [0.1, 0.15) is 13.8 Å². The van der Waals surface area contributed by atoms with Crippen LogP contribution in [0.3, 0.4) is 0 Å². The van der Waals surface area contributed by atoms with E-state index in [9.17, 15) is 14.4 Å². The zero-order valence-electron chi connectivity index (χ0n) is 14.8. The molecular weight excluding hydrogens is 372 g/mol. The molecule has 0 heterocycles. The Balaban J connectivity index is 1.81. The van der Waals surface area contributed by atoms with Crippen LogP contribution in [-0.2, 0) is 19.1 Å². The highest BCUT2D eigenvalue weighted by Crippen LogP contribution is 2.17. The van der Waals surface area contributed by atoms with Crippen molar-refractivity contribution in [1.29, 1.82) is 0 Å². The Hall–Kier alpha value is -3.06. The van der Waals surface area contributed by atoms with Crippen LogP contribution in [0.2, 0.25) is 5.02 Å². The van der Waals surface area contributed by atoms with Crippen LogP contribution in [0.25, 0.3) is 0 Å². The number of nitrogens with one attached hydrogen (secondary N) is 2. The Kier molecular flexibility index (Phi) is 7.19. The van der Waals surface area contributed by atoms with E-state index in [0.29, 0.717) is 22.1 Å². The molecule has 2 amide bonds. The number of halogens is 1. The lowest BCUT2D eigenvalue weighted by Gasteiger charge is -2.14. The molecule has 0 spiro atoms. The van der Waals surface area contributed by atoms with Gasteiger partial charge in [-0.3, -0.25) is 9.59 Å². The number of benzene rings is 2. The van der Waals surface area contributed by atoms with E-state index in [1.165, 1.54) is 13.8 Å². The van der Waals surface area contributed by atoms with E-state index >= 15 is 0 Å². The van der Waals surface area contributed by atoms with Crippen LogP contribution < -0.4 is 15.4 Å². The third kappa shape index (κ3) is 6.99. The van der Waals surface area contributed by atoms with Gasteiger partial charge >= 0.3 is 5.97 Å². The summed E-state index contributed by atoms with van der Waals surface area (Å²) >= 11 is 5.78. The molecule has 2 N–H and O–H groups in total. The maximum absolute atomic E-state index is 11.9. The van der Waals surface area contributed by atoms with Gasteiger partial charge in [-0.05, 0) is 49.4 Å². The molecule has 27 heavy (non-hydrogen) atoms. The summed E-state index contributed by atoms with van der Waals surface area (Å²) in [5.74, 6) is -0.945. The van der Waals surface area contributed by atoms with E-state index in [1.807, 2.05) is 0 Å². The molecule has 0 fully saturated rings. The van der Waals surface area contributed by atoms with Crippen molar-refractivity contribution in [2.45, 2.75) is 20.0 Å². The summed E-state index contributed by atoms with van der Waals surface area (Å²) in [6.45, 7) is 2.45. The van der Waals surface area contributed by atoms with Crippen molar-refractivity contribution in [3.8, 4) is 5.75 Å². The number of hydrogen-bond acceptors (Lipinski definition) is 5. The van der Waals surface area contributed by atoms with E-state index in [0.717, 1.165) is 0 Å². The lowest BCUT2D eigenvalue weighted by Crippen LogP contribution is -2.29. The summed E-state index contributed by atoms with van der Waals surface area (Å²) in [7, 11) is 0. The average Bonchev–Trinajstić information content (AvgIpc) is 2.61. The van der Waals surface area contributed by atoms with Gasteiger partial charge < -0.3 is 20.1 Å². The second-order valence-electron chi connectivity index (χ2n) is 5.63. The molecule has 0 saturated heterocycles. The van der Waals surface area contributed by atoms with Crippen molar-refractivity contribution in [2.24, 2.45) is 0 Å².